The summed E-state index contributed by atoms with van der Waals surface area (Å²) in [6.45, 7) is 14.4. The van der Waals surface area contributed by atoms with Crippen LogP contribution in [0.2, 0.25) is 10.0 Å². The summed E-state index contributed by atoms with van der Waals surface area (Å²) in [4.78, 5) is 0. The maximum absolute atomic E-state index is 6.71. The first-order valence-corrected chi connectivity index (χ1v) is 20.6. The summed E-state index contributed by atoms with van der Waals surface area (Å²) in [5.41, 5.74) is 10.9. The number of benzene rings is 4. The molecule has 0 nitrogen and oxygen atoms in total. The van der Waals surface area contributed by atoms with Crippen molar-refractivity contribution in [2.45, 2.75) is 72.6 Å². The molecule has 4 aliphatic carbocycles. The zero-order valence-corrected chi connectivity index (χ0v) is 33.8. The fourth-order valence-corrected chi connectivity index (χ4v) is 11.3. The van der Waals surface area contributed by atoms with Gasteiger partial charge in [0.05, 0.1) is 0 Å². The zero-order valence-electron chi connectivity index (χ0n) is 32.3. The molecule has 4 aromatic carbocycles. The van der Waals surface area contributed by atoms with E-state index in [0.29, 0.717) is 29.6 Å². The molecule has 0 N–H and O–H groups in total. The third kappa shape index (κ3) is 6.43. The number of halogens is 2. The Labute approximate surface area is 328 Å². The van der Waals surface area contributed by atoms with Crippen molar-refractivity contribution in [1.29, 1.82) is 0 Å². The molecule has 53 heavy (non-hydrogen) atoms. The predicted octanol–water partition coefficient (Wildman–Crippen LogP) is 14.7. The molecule has 8 rings (SSSR count). The van der Waals surface area contributed by atoms with Gasteiger partial charge in [0.15, 0.2) is 0 Å². The Morgan fingerprint density at radius 3 is 1.19 bits per heavy atom. The number of fused-ring (bicyclic) bond motifs is 3. The van der Waals surface area contributed by atoms with Crippen molar-refractivity contribution in [3.05, 3.63) is 177 Å². The molecule has 0 radical (unpaired) electrons. The highest BCUT2D eigenvalue weighted by Gasteiger charge is 2.61. The second-order valence-electron chi connectivity index (χ2n) is 18.3. The fraction of sp³-hybridized carbons (Fsp3) is 0.373. The average Bonchev–Trinajstić information content (AvgIpc) is 3.80. The Bertz CT molecular complexity index is 1920. The van der Waals surface area contributed by atoms with E-state index in [9.17, 15) is 0 Å². The molecule has 0 heterocycles. The molecule has 2 saturated carbocycles. The van der Waals surface area contributed by atoms with Crippen LogP contribution in [0.1, 0.15) is 89.5 Å². The van der Waals surface area contributed by atoms with Gasteiger partial charge >= 0.3 is 0 Å². The minimum atomic E-state index is -0.259. The van der Waals surface area contributed by atoms with E-state index < -0.39 is 0 Å². The molecule has 2 heteroatoms. The van der Waals surface area contributed by atoms with Crippen LogP contribution in [0.25, 0.3) is 11.1 Å². The van der Waals surface area contributed by atoms with Gasteiger partial charge in [0, 0.05) is 15.5 Å². The average molecular weight is 738 g/mol. The van der Waals surface area contributed by atoms with Crippen LogP contribution in [-0.2, 0) is 5.41 Å². The van der Waals surface area contributed by atoms with E-state index in [4.69, 9.17) is 23.2 Å². The van der Waals surface area contributed by atoms with Gasteiger partial charge in [0.2, 0.25) is 0 Å². The normalized spacial score (nSPS) is 24.9. The van der Waals surface area contributed by atoms with E-state index in [0.717, 1.165) is 10.0 Å². The highest BCUT2D eigenvalue weighted by Crippen LogP contribution is 2.67. The van der Waals surface area contributed by atoms with E-state index in [1.165, 1.54) is 70.2 Å². The van der Waals surface area contributed by atoms with Gasteiger partial charge < -0.3 is 0 Å². The van der Waals surface area contributed by atoms with Crippen molar-refractivity contribution in [2.75, 3.05) is 0 Å². The van der Waals surface area contributed by atoms with Crippen LogP contribution in [0.3, 0.4) is 0 Å². The van der Waals surface area contributed by atoms with Gasteiger partial charge in [-0.3, -0.25) is 0 Å². The van der Waals surface area contributed by atoms with Crippen molar-refractivity contribution in [3.63, 3.8) is 0 Å². The zero-order chi connectivity index (χ0) is 37.1. The largest absolute Gasteiger partial charge is 0.0843 e. The lowest BCUT2D eigenvalue weighted by molar-refractivity contribution is 0.159. The molecule has 4 atom stereocenters. The Balaban J connectivity index is 1.48. The summed E-state index contributed by atoms with van der Waals surface area (Å²) in [5, 5.41) is 1.58. The van der Waals surface area contributed by atoms with Crippen LogP contribution in [0.5, 0.6) is 0 Å². The minimum Gasteiger partial charge on any atom is -0.0843 e. The first kappa shape index (κ1) is 36.4. The van der Waals surface area contributed by atoms with Crippen molar-refractivity contribution in [2.24, 2.45) is 46.3 Å². The van der Waals surface area contributed by atoms with Crippen LogP contribution < -0.4 is 0 Å². The number of allylic oxidation sites excluding steroid dienone is 8. The molecule has 0 aliphatic heterocycles. The van der Waals surface area contributed by atoms with E-state index in [1.807, 2.05) is 0 Å². The molecule has 2 fully saturated rings. The number of hydrogen-bond donors (Lipinski definition) is 0. The van der Waals surface area contributed by atoms with Gasteiger partial charge in [0.25, 0.3) is 0 Å². The Kier molecular flexibility index (Phi) is 9.56. The molecule has 0 saturated heterocycles. The lowest BCUT2D eigenvalue weighted by atomic mass is 9.52. The van der Waals surface area contributed by atoms with Crippen molar-refractivity contribution in [3.8, 4) is 0 Å². The number of rotatable bonds is 6. The lowest BCUT2D eigenvalue weighted by Crippen LogP contribution is -2.47. The molecule has 0 aromatic heterocycles. The molecule has 4 aliphatic rings. The fourth-order valence-electron chi connectivity index (χ4n) is 11.0. The van der Waals surface area contributed by atoms with Gasteiger partial charge in [-0.2, -0.15) is 0 Å². The van der Waals surface area contributed by atoms with Gasteiger partial charge in [-0.05, 0) is 128 Å². The molecular formula is C51H54Cl2. The highest BCUT2D eigenvalue weighted by atomic mass is 35.5. The van der Waals surface area contributed by atoms with E-state index in [-0.39, 0.29) is 22.2 Å². The first-order valence-electron chi connectivity index (χ1n) is 19.9. The lowest BCUT2D eigenvalue weighted by Gasteiger charge is -2.50. The molecule has 0 bridgehead atoms. The van der Waals surface area contributed by atoms with E-state index in [1.54, 1.807) is 0 Å². The van der Waals surface area contributed by atoms with Gasteiger partial charge in [-0.1, -0.05) is 187 Å². The Morgan fingerprint density at radius 2 is 0.830 bits per heavy atom. The monoisotopic (exact) mass is 736 g/mol. The van der Waals surface area contributed by atoms with Gasteiger partial charge in [-0.25, -0.2) is 0 Å². The summed E-state index contributed by atoms with van der Waals surface area (Å²) in [6, 6.07) is 40.3. The predicted molar refractivity (Wildman–Crippen MR) is 227 cm³/mol. The van der Waals surface area contributed by atoms with Gasteiger partial charge in [-0.15, -0.1) is 0 Å². The second-order valence-corrected chi connectivity index (χ2v) is 19.1. The van der Waals surface area contributed by atoms with Crippen molar-refractivity contribution < 1.29 is 0 Å². The first-order chi connectivity index (χ1) is 25.4. The second kappa shape index (κ2) is 13.9. The molecule has 0 amide bonds. The summed E-state index contributed by atoms with van der Waals surface area (Å²) in [6.07, 6.45) is 15.9. The summed E-state index contributed by atoms with van der Waals surface area (Å²) in [5.74, 6) is 2.11. The highest BCUT2D eigenvalue weighted by molar-refractivity contribution is 6.30. The topological polar surface area (TPSA) is 0 Å². The van der Waals surface area contributed by atoms with Crippen molar-refractivity contribution in [1.82, 2.24) is 0 Å². The Morgan fingerprint density at radius 1 is 0.453 bits per heavy atom. The SMILES string of the molecule is CC(C)(C)C1=CC2C3C=C(C(C)(C)C)C(c4ccccc4)=CC3C(C(c3ccc(Cl)cc3)(c3ccc(Cl)cc3)C3CCCC3)C2C=C1c1ccccc1. The number of hydrogen-bond acceptors (Lipinski definition) is 0. The Hall–Kier alpha value is -3.58. The van der Waals surface area contributed by atoms with Crippen LogP contribution in [0, 0.1) is 46.3 Å². The third-order valence-electron chi connectivity index (χ3n) is 13.1. The van der Waals surface area contributed by atoms with E-state index >= 15 is 0 Å². The quantitative estimate of drug-likeness (QED) is 0.185. The summed E-state index contributed by atoms with van der Waals surface area (Å²) in [7, 11) is 0. The smallest absolute Gasteiger partial charge is 0.0406 e. The van der Waals surface area contributed by atoms with Crippen molar-refractivity contribution >= 4 is 34.3 Å². The third-order valence-corrected chi connectivity index (χ3v) is 13.6. The summed E-state index contributed by atoms with van der Waals surface area (Å²) >= 11 is 13.4. The van der Waals surface area contributed by atoms with E-state index in [2.05, 4.69) is 175 Å². The molecule has 4 aromatic rings. The molecule has 0 spiro atoms. The summed E-state index contributed by atoms with van der Waals surface area (Å²) < 4.78 is 0. The minimum absolute atomic E-state index is 0.00853. The van der Waals surface area contributed by atoms with Crippen LogP contribution in [0.15, 0.2) is 145 Å². The van der Waals surface area contributed by atoms with Crippen LogP contribution >= 0.6 is 23.2 Å². The molecule has 4 unspecified atom stereocenters. The van der Waals surface area contributed by atoms with Crippen LogP contribution in [0.4, 0.5) is 0 Å². The standard InChI is InChI=1S/C51H54Cl2/c1-49(2,3)46-31-42-43-32-47(50(4,5)6)41(34-17-11-8-12-18-34)30-45(43)48(44(42)29-40(46)33-15-9-7-10-16-33)51(35-19-13-14-20-35,36-21-25-38(52)26-22-36)37-23-27-39(53)28-24-37/h7-12,15-18,21-32,35,42-45,48H,13-14,19-20H2,1-6H3. The van der Waals surface area contributed by atoms with Gasteiger partial charge in [0.1, 0.15) is 0 Å². The van der Waals surface area contributed by atoms with Crippen LogP contribution in [-0.4, -0.2) is 0 Å². The molecule has 272 valence electrons. The maximum Gasteiger partial charge on any atom is 0.0406 e. The molecular weight excluding hydrogens is 683 g/mol. The maximum atomic E-state index is 6.71.